The Morgan fingerprint density at radius 2 is 1.84 bits per heavy atom. The number of benzene rings is 1. The predicted molar refractivity (Wildman–Crippen MR) is 69.9 cm³/mol. The molecule has 0 saturated carbocycles. The molecule has 4 nitrogen and oxygen atoms in total. The summed E-state index contributed by atoms with van der Waals surface area (Å²) in [7, 11) is 1.75. The zero-order chi connectivity index (χ0) is 13.3. The summed E-state index contributed by atoms with van der Waals surface area (Å²) in [5.74, 6) is -1.20. The van der Waals surface area contributed by atoms with Crippen LogP contribution in [-0.4, -0.2) is 15.6 Å². The van der Waals surface area contributed by atoms with Crippen LogP contribution in [0.2, 0.25) is 0 Å². The zero-order valence-corrected chi connectivity index (χ0v) is 13.2. The van der Waals surface area contributed by atoms with Crippen molar-refractivity contribution >= 4 is 5.97 Å². The van der Waals surface area contributed by atoms with E-state index in [1.807, 2.05) is 18.2 Å². The van der Waals surface area contributed by atoms with Crippen molar-refractivity contribution in [2.45, 2.75) is 6.92 Å². The zero-order valence-electron chi connectivity index (χ0n) is 12.2. The van der Waals surface area contributed by atoms with Gasteiger partial charge in [0.15, 0.2) is 5.43 Å². The van der Waals surface area contributed by atoms with Gasteiger partial charge in [0.25, 0.3) is 0 Å². The number of hydrogen-bond donors (Lipinski definition) is 1. The number of rotatable bonds is 2. The number of aryl methyl sites for hydroxylation is 1. The minimum Gasteiger partial charge on any atom is -1.00 e. The van der Waals surface area contributed by atoms with E-state index in [9.17, 15) is 14.7 Å². The molecule has 1 aromatic carbocycles. The molecule has 2 rings (SSSR count). The molecule has 0 saturated heterocycles. The summed E-state index contributed by atoms with van der Waals surface area (Å²) in [4.78, 5) is 23.1. The van der Waals surface area contributed by atoms with Gasteiger partial charge in [-0.3, -0.25) is 4.79 Å². The van der Waals surface area contributed by atoms with Gasteiger partial charge in [-0.05, 0) is 12.5 Å². The maximum absolute atomic E-state index is 11.8. The third kappa shape index (κ3) is 2.97. The van der Waals surface area contributed by atoms with Gasteiger partial charge >= 0.3 is 35.5 Å². The molecule has 1 aromatic heterocycles. The number of aromatic nitrogens is 1. The maximum Gasteiger partial charge on any atom is 1.00 e. The summed E-state index contributed by atoms with van der Waals surface area (Å²) in [5.41, 5.74) is 1.24. The number of carboxylic acid groups (broad SMARTS) is 1. The van der Waals surface area contributed by atoms with Crippen LogP contribution >= 0.6 is 0 Å². The van der Waals surface area contributed by atoms with E-state index in [1.54, 1.807) is 30.7 Å². The molecule has 0 amide bonds. The standard InChI is InChI=1S/C14H13NO3.Na.H/c1-9-8-11(16)12(14(17)18)13(15(9)2)10-6-4-3-5-7-10;;/h3-8H,1-2H3,(H,17,18);;/q;+1;-1. The maximum atomic E-state index is 11.8. The van der Waals surface area contributed by atoms with E-state index in [0.717, 1.165) is 11.3 Å². The van der Waals surface area contributed by atoms with Crippen LogP contribution in [0.15, 0.2) is 41.2 Å². The summed E-state index contributed by atoms with van der Waals surface area (Å²) in [5, 5.41) is 9.21. The molecule has 94 valence electrons. The Morgan fingerprint density at radius 3 is 2.37 bits per heavy atom. The molecule has 0 aliphatic carbocycles. The van der Waals surface area contributed by atoms with Crippen molar-refractivity contribution in [3.8, 4) is 11.3 Å². The molecule has 1 heterocycles. The topological polar surface area (TPSA) is 59.3 Å². The van der Waals surface area contributed by atoms with Gasteiger partial charge in [-0.15, -0.1) is 0 Å². The second-order valence-electron chi connectivity index (χ2n) is 4.10. The molecular weight excluding hydrogens is 253 g/mol. The minimum absolute atomic E-state index is 0. The van der Waals surface area contributed by atoms with Gasteiger partial charge in [0, 0.05) is 18.8 Å². The molecule has 0 aliphatic heterocycles. The Morgan fingerprint density at radius 1 is 1.26 bits per heavy atom. The summed E-state index contributed by atoms with van der Waals surface area (Å²) < 4.78 is 1.72. The van der Waals surface area contributed by atoms with Crippen LogP contribution in [-0.2, 0) is 7.05 Å². The second-order valence-corrected chi connectivity index (χ2v) is 4.10. The van der Waals surface area contributed by atoms with E-state index < -0.39 is 11.4 Å². The van der Waals surface area contributed by atoms with Gasteiger partial charge in [-0.25, -0.2) is 4.79 Å². The largest absolute Gasteiger partial charge is 1.00 e. The van der Waals surface area contributed by atoms with E-state index in [2.05, 4.69) is 0 Å². The Balaban J connectivity index is 0.00000180. The van der Waals surface area contributed by atoms with Gasteiger partial charge in [-0.1, -0.05) is 30.3 Å². The molecule has 0 aliphatic rings. The number of nitrogens with zero attached hydrogens (tertiary/aromatic N) is 1. The van der Waals surface area contributed by atoms with Crippen LogP contribution in [0.5, 0.6) is 0 Å². The van der Waals surface area contributed by atoms with E-state index in [1.165, 1.54) is 6.07 Å². The first kappa shape index (κ1) is 15.7. The predicted octanol–water partition coefficient (Wildman–Crippen LogP) is -0.825. The fourth-order valence-corrected chi connectivity index (χ4v) is 1.96. The van der Waals surface area contributed by atoms with Crippen molar-refractivity contribution in [2.75, 3.05) is 0 Å². The number of carbonyl (C=O) groups is 1. The number of carboxylic acids is 1. The van der Waals surface area contributed by atoms with Gasteiger partial charge in [0.2, 0.25) is 0 Å². The van der Waals surface area contributed by atoms with Crippen molar-refractivity contribution < 1.29 is 40.9 Å². The fraction of sp³-hybridized carbons (Fsp3) is 0.143. The second kappa shape index (κ2) is 6.19. The number of pyridine rings is 1. The van der Waals surface area contributed by atoms with Crippen LogP contribution in [0.4, 0.5) is 0 Å². The van der Waals surface area contributed by atoms with Gasteiger partial charge < -0.3 is 11.1 Å². The molecule has 0 atom stereocenters. The SMILES string of the molecule is Cc1cc(=O)c(C(=O)O)c(-c2ccccc2)n1C.[H-].[Na+]. The molecule has 1 N–H and O–H groups in total. The number of aromatic carboxylic acids is 1. The van der Waals surface area contributed by atoms with Crippen LogP contribution in [0, 0.1) is 6.92 Å². The Kier molecular flexibility index (Phi) is 5.11. The van der Waals surface area contributed by atoms with Gasteiger partial charge in [0.05, 0.1) is 5.69 Å². The Bertz CT molecular complexity index is 668. The number of hydrogen-bond acceptors (Lipinski definition) is 2. The van der Waals surface area contributed by atoms with E-state index in [-0.39, 0.29) is 36.5 Å². The fourth-order valence-electron chi connectivity index (χ4n) is 1.96. The van der Waals surface area contributed by atoms with Crippen LogP contribution in [0.3, 0.4) is 0 Å². The monoisotopic (exact) mass is 267 g/mol. The third-order valence-corrected chi connectivity index (χ3v) is 2.95. The molecule has 0 spiro atoms. The normalized spacial score (nSPS) is 9.79. The minimum atomic E-state index is -1.20. The molecule has 0 fully saturated rings. The van der Waals surface area contributed by atoms with Crippen molar-refractivity contribution in [1.82, 2.24) is 4.57 Å². The third-order valence-electron chi connectivity index (χ3n) is 2.95. The van der Waals surface area contributed by atoms with E-state index >= 15 is 0 Å². The van der Waals surface area contributed by atoms with Crippen molar-refractivity contribution in [3.05, 3.63) is 57.9 Å². The first-order valence-corrected chi connectivity index (χ1v) is 5.51. The van der Waals surface area contributed by atoms with E-state index in [0.29, 0.717) is 5.69 Å². The summed E-state index contributed by atoms with van der Waals surface area (Å²) in [6.45, 7) is 1.78. The van der Waals surface area contributed by atoms with Crippen molar-refractivity contribution in [3.63, 3.8) is 0 Å². The first-order chi connectivity index (χ1) is 8.52. The summed E-state index contributed by atoms with van der Waals surface area (Å²) >= 11 is 0. The molecule has 0 bridgehead atoms. The Hall–Kier alpha value is -1.36. The van der Waals surface area contributed by atoms with Crippen LogP contribution < -0.4 is 35.0 Å². The van der Waals surface area contributed by atoms with Crippen LogP contribution in [0.1, 0.15) is 17.5 Å². The molecule has 2 aromatic rings. The molecule has 5 heteroatoms. The average molecular weight is 267 g/mol. The molecule has 0 unspecified atom stereocenters. The average Bonchev–Trinajstić information content (AvgIpc) is 2.34. The first-order valence-electron chi connectivity index (χ1n) is 5.51. The Labute approximate surface area is 134 Å². The van der Waals surface area contributed by atoms with Gasteiger partial charge in [0.1, 0.15) is 5.56 Å². The van der Waals surface area contributed by atoms with E-state index in [4.69, 9.17) is 0 Å². The van der Waals surface area contributed by atoms with Crippen LogP contribution in [0.25, 0.3) is 11.3 Å². The molecule has 0 radical (unpaired) electrons. The van der Waals surface area contributed by atoms with Crippen molar-refractivity contribution in [2.24, 2.45) is 7.05 Å². The summed E-state index contributed by atoms with van der Waals surface area (Å²) in [6.07, 6.45) is 0. The van der Waals surface area contributed by atoms with Gasteiger partial charge in [-0.2, -0.15) is 0 Å². The molecular formula is C14H14NNaO3. The smallest absolute Gasteiger partial charge is 1.00 e. The quantitative estimate of drug-likeness (QED) is 0.723. The summed E-state index contributed by atoms with van der Waals surface area (Å²) in [6, 6.07) is 10.4. The molecule has 19 heavy (non-hydrogen) atoms. The van der Waals surface area contributed by atoms with Crippen molar-refractivity contribution in [1.29, 1.82) is 0 Å².